The second-order valence-electron chi connectivity index (χ2n) is 8.95. The molecule has 2 amide bonds. The van der Waals surface area contributed by atoms with Crippen molar-refractivity contribution in [2.75, 3.05) is 33.2 Å². The van der Waals surface area contributed by atoms with E-state index in [0.29, 0.717) is 21.0 Å². The summed E-state index contributed by atoms with van der Waals surface area (Å²) in [5.74, 6) is -1.21. The topological polar surface area (TPSA) is 96.8 Å². The van der Waals surface area contributed by atoms with Gasteiger partial charge in [0.1, 0.15) is 0 Å². The monoisotopic (exact) mass is 528 g/mol. The minimum atomic E-state index is -4.65. The SMILES string of the molecule is CN1CCN(C2=NC(=O)/C(=C\c3ccc4c(cnn4Cc4ccc(C(N)=O)cc4C(F)(F)F)c3)S2)CC1. The number of halogens is 3. The summed E-state index contributed by atoms with van der Waals surface area (Å²) < 4.78 is 42.4. The largest absolute Gasteiger partial charge is 0.416 e. The third-order valence-electron chi connectivity index (χ3n) is 6.37. The van der Waals surface area contributed by atoms with E-state index in [1.807, 2.05) is 6.07 Å². The molecule has 0 saturated carbocycles. The Balaban J connectivity index is 1.36. The van der Waals surface area contributed by atoms with Crippen LogP contribution >= 0.6 is 11.8 Å². The highest BCUT2D eigenvalue weighted by molar-refractivity contribution is 8.18. The molecule has 8 nitrogen and oxygen atoms in total. The van der Waals surface area contributed by atoms with Gasteiger partial charge in [-0.25, -0.2) is 0 Å². The van der Waals surface area contributed by atoms with Crippen LogP contribution in [0.1, 0.15) is 27.0 Å². The smallest absolute Gasteiger partial charge is 0.366 e. The summed E-state index contributed by atoms with van der Waals surface area (Å²) in [6.45, 7) is 3.31. The molecule has 37 heavy (non-hydrogen) atoms. The van der Waals surface area contributed by atoms with E-state index in [0.717, 1.165) is 37.8 Å². The number of primary amides is 1. The highest BCUT2D eigenvalue weighted by atomic mass is 32.2. The number of piperazine rings is 1. The van der Waals surface area contributed by atoms with Crippen molar-refractivity contribution in [2.24, 2.45) is 10.7 Å². The molecule has 2 N–H and O–H groups in total. The van der Waals surface area contributed by atoms with Crippen molar-refractivity contribution in [3.63, 3.8) is 0 Å². The van der Waals surface area contributed by atoms with Crippen LogP contribution in [-0.4, -0.2) is 69.8 Å². The van der Waals surface area contributed by atoms with Crippen LogP contribution in [0.3, 0.4) is 0 Å². The first-order chi connectivity index (χ1) is 17.6. The molecule has 1 saturated heterocycles. The fourth-order valence-electron chi connectivity index (χ4n) is 4.30. The average molecular weight is 529 g/mol. The number of carbonyl (C=O) groups excluding carboxylic acids is 2. The Hall–Kier alpha value is -3.64. The number of benzene rings is 2. The summed E-state index contributed by atoms with van der Waals surface area (Å²) in [5.41, 5.74) is 5.38. The fourth-order valence-corrected chi connectivity index (χ4v) is 5.26. The summed E-state index contributed by atoms with van der Waals surface area (Å²) in [5, 5.41) is 5.69. The molecule has 192 valence electrons. The van der Waals surface area contributed by atoms with Crippen molar-refractivity contribution in [2.45, 2.75) is 12.7 Å². The first kappa shape index (κ1) is 25.0. The number of fused-ring (bicyclic) bond motifs is 1. The average Bonchev–Trinajstić information content (AvgIpc) is 3.42. The van der Waals surface area contributed by atoms with Gasteiger partial charge >= 0.3 is 6.18 Å². The van der Waals surface area contributed by atoms with Gasteiger partial charge in [0.25, 0.3) is 5.91 Å². The molecule has 0 atom stereocenters. The normalized spacial score (nSPS) is 18.2. The number of aromatic nitrogens is 2. The molecule has 3 heterocycles. The predicted molar refractivity (Wildman–Crippen MR) is 136 cm³/mol. The molecule has 2 aromatic carbocycles. The van der Waals surface area contributed by atoms with Crippen molar-refractivity contribution in [3.05, 3.63) is 69.8 Å². The maximum Gasteiger partial charge on any atom is 0.416 e. The lowest BCUT2D eigenvalue weighted by Crippen LogP contribution is -2.46. The zero-order chi connectivity index (χ0) is 26.3. The van der Waals surface area contributed by atoms with E-state index in [4.69, 9.17) is 5.73 Å². The van der Waals surface area contributed by atoms with Crippen molar-refractivity contribution in [3.8, 4) is 0 Å². The molecule has 1 fully saturated rings. The summed E-state index contributed by atoms with van der Waals surface area (Å²) in [7, 11) is 2.06. The molecular weight excluding hydrogens is 505 g/mol. The van der Waals surface area contributed by atoms with E-state index >= 15 is 0 Å². The molecule has 0 bridgehead atoms. The number of nitrogens with two attached hydrogens (primary N) is 1. The number of hydrogen-bond acceptors (Lipinski definition) is 6. The molecule has 1 aromatic heterocycles. The van der Waals surface area contributed by atoms with E-state index in [1.54, 1.807) is 24.4 Å². The number of thioether (sulfide) groups is 1. The summed E-state index contributed by atoms with van der Waals surface area (Å²) >= 11 is 1.35. The Morgan fingerprint density at radius 2 is 1.89 bits per heavy atom. The van der Waals surface area contributed by atoms with Crippen molar-refractivity contribution in [1.29, 1.82) is 0 Å². The molecule has 0 unspecified atom stereocenters. The summed E-state index contributed by atoms with van der Waals surface area (Å²) in [4.78, 5) is 32.9. The van der Waals surface area contributed by atoms with Gasteiger partial charge in [0.05, 0.1) is 28.7 Å². The van der Waals surface area contributed by atoms with Crippen LogP contribution in [0.15, 0.2) is 52.5 Å². The van der Waals surface area contributed by atoms with Gasteiger partial charge < -0.3 is 15.5 Å². The van der Waals surface area contributed by atoms with Crippen molar-refractivity contribution >= 4 is 45.7 Å². The van der Waals surface area contributed by atoms with Gasteiger partial charge in [-0.3, -0.25) is 14.3 Å². The third-order valence-corrected chi connectivity index (χ3v) is 7.41. The Morgan fingerprint density at radius 1 is 1.14 bits per heavy atom. The quantitative estimate of drug-likeness (QED) is 0.522. The third kappa shape index (κ3) is 5.25. The molecule has 3 aromatic rings. The molecule has 2 aliphatic heterocycles. The number of amidine groups is 1. The molecular formula is C25H23F3N6O2S. The Morgan fingerprint density at radius 3 is 2.59 bits per heavy atom. The molecule has 0 aliphatic carbocycles. The lowest BCUT2D eigenvalue weighted by Gasteiger charge is -2.32. The van der Waals surface area contributed by atoms with E-state index in [2.05, 4.69) is 26.9 Å². The van der Waals surface area contributed by atoms with Gasteiger partial charge in [-0.1, -0.05) is 12.1 Å². The second-order valence-corrected chi connectivity index (χ2v) is 9.96. The zero-order valence-corrected chi connectivity index (χ0v) is 20.6. The summed E-state index contributed by atoms with van der Waals surface area (Å²) in [6.07, 6.45) is -1.32. The Kier molecular flexibility index (Phi) is 6.54. The lowest BCUT2D eigenvalue weighted by atomic mass is 10.0. The predicted octanol–water partition coefficient (Wildman–Crippen LogP) is 3.42. The minimum absolute atomic E-state index is 0.0322. The van der Waals surface area contributed by atoms with Crippen LogP contribution < -0.4 is 5.73 Å². The highest BCUT2D eigenvalue weighted by Crippen LogP contribution is 2.34. The van der Waals surface area contributed by atoms with Crippen LogP contribution in [-0.2, 0) is 17.5 Å². The van der Waals surface area contributed by atoms with Crippen LogP contribution in [0.25, 0.3) is 17.0 Å². The fraction of sp³-hybridized carbons (Fsp3) is 0.280. The first-order valence-electron chi connectivity index (χ1n) is 11.5. The maximum absolute atomic E-state index is 13.6. The van der Waals surface area contributed by atoms with Crippen molar-refractivity contribution < 1.29 is 22.8 Å². The maximum atomic E-state index is 13.6. The van der Waals surface area contributed by atoms with Gasteiger partial charge in [-0.2, -0.15) is 23.3 Å². The number of alkyl halides is 3. The Labute approximate surface area is 214 Å². The highest BCUT2D eigenvalue weighted by Gasteiger charge is 2.34. The number of nitrogens with zero attached hydrogens (tertiary/aromatic N) is 5. The van der Waals surface area contributed by atoms with Gasteiger partial charge in [0.15, 0.2) is 5.17 Å². The van der Waals surface area contributed by atoms with E-state index in [1.165, 1.54) is 28.6 Å². The molecule has 0 radical (unpaired) electrons. The van der Waals surface area contributed by atoms with Crippen molar-refractivity contribution in [1.82, 2.24) is 19.6 Å². The van der Waals surface area contributed by atoms with E-state index in [9.17, 15) is 22.8 Å². The van der Waals surface area contributed by atoms with Gasteiger partial charge in [-0.15, -0.1) is 0 Å². The summed E-state index contributed by atoms with van der Waals surface area (Å²) in [6, 6.07) is 8.66. The number of likely N-dealkylation sites (N-methyl/N-ethyl adjacent to an activating group) is 1. The van der Waals surface area contributed by atoms with E-state index in [-0.39, 0.29) is 23.6 Å². The number of carbonyl (C=O) groups is 2. The van der Waals surface area contributed by atoms with Crippen LogP contribution in [0.2, 0.25) is 0 Å². The van der Waals surface area contributed by atoms with Gasteiger partial charge in [0, 0.05) is 37.1 Å². The minimum Gasteiger partial charge on any atom is -0.366 e. The first-order valence-corrected chi connectivity index (χ1v) is 12.3. The number of hydrogen-bond donors (Lipinski definition) is 1. The van der Waals surface area contributed by atoms with Crippen LogP contribution in [0.4, 0.5) is 13.2 Å². The molecule has 2 aliphatic rings. The van der Waals surface area contributed by atoms with Gasteiger partial charge in [0.2, 0.25) is 5.91 Å². The zero-order valence-electron chi connectivity index (χ0n) is 19.8. The molecule has 12 heteroatoms. The van der Waals surface area contributed by atoms with E-state index < -0.39 is 17.6 Å². The molecule has 0 spiro atoms. The second kappa shape index (κ2) is 9.67. The number of rotatable bonds is 4. The standard InChI is InChI=1S/C25H23F3N6O2S/c1-32-6-8-33(9-7-32)24-31-23(36)21(37-24)11-15-2-5-20-18(10-15)13-30-34(20)14-17-4-3-16(22(29)35)12-19(17)25(26,27)28/h2-5,10-13H,6-9,14H2,1H3,(H2,29,35)/b21-11+. The Bertz CT molecular complexity index is 1450. The van der Waals surface area contributed by atoms with Crippen LogP contribution in [0, 0.1) is 0 Å². The number of aliphatic imine (C=N–C) groups is 1. The van der Waals surface area contributed by atoms with Gasteiger partial charge in [-0.05, 0) is 60.3 Å². The number of amides is 2. The van der Waals surface area contributed by atoms with Crippen LogP contribution in [0.5, 0.6) is 0 Å². The lowest BCUT2D eigenvalue weighted by molar-refractivity contribution is -0.138. The molecule has 5 rings (SSSR count).